The molecule has 2 aromatic heterocycles. The van der Waals surface area contributed by atoms with Crippen molar-refractivity contribution in [3.05, 3.63) is 41.8 Å². The van der Waals surface area contributed by atoms with Crippen LogP contribution in [-0.2, 0) is 14.3 Å². The Morgan fingerprint density at radius 1 is 0.892 bits per heavy atom. The Balaban J connectivity index is 0.000000612. The quantitative estimate of drug-likeness (QED) is 0.352. The number of thiophene rings is 1. The number of carbonyl (C=O) groups excluding carboxylic acids is 2. The molecule has 7 nitrogen and oxygen atoms in total. The molecule has 0 saturated carbocycles. The molecule has 2 heterocycles. The molecule has 0 aliphatic carbocycles. The number of ether oxygens (including phenoxy) is 2. The maximum atomic E-state index is 10.9. The van der Waals surface area contributed by atoms with Gasteiger partial charge in [0.15, 0.2) is 0 Å². The molecule has 0 saturated heterocycles. The number of carbonyl (C=O) groups is 2. The molecule has 0 aliphatic heterocycles. The lowest BCUT2D eigenvalue weighted by Crippen LogP contribution is -2.26. The van der Waals surface area contributed by atoms with Crippen molar-refractivity contribution >= 4 is 34.2 Å². The van der Waals surface area contributed by atoms with E-state index in [-0.39, 0.29) is 42.8 Å². The summed E-state index contributed by atoms with van der Waals surface area (Å²) in [4.78, 5) is 31.7. The molecule has 0 radical (unpaired) electrons. The minimum Gasteiger partial charge on any atom is -0.473 e. The number of esters is 1. The number of hydrogen-bond donors (Lipinski definition) is 1. The van der Waals surface area contributed by atoms with Gasteiger partial charge < -0.3 is 14.8 Å². The van der Waals surface area contributed by atoms with E-state index in [4.69, 9.17) is 14.5 Å². The maximum Gasteiger partial charge on any atom is 0.308 e. The van der Waals surface area contributed by atoms with E-state index in [0.717, 1.165) is 21.6 Å². The van der Waals surface area contributed by atoms with E-state index in [0.29, 0.717) is 5.88 Å². The number of nitrogens with one attached hydrogen (secondary N) is 1. The van der Waals surface area contributed by atoms with Gasteiger partial charge in [0.25, 0.3) is 0 Å². The van der Waals surface area contributed by atoms with Crippen LogP contribution in [0.1, 0.15) is 69.7 Å². The van der Waals surface area contributed by atoms with Crippen molar-refractivity contribution in [1.82, 2.24) is 15.3 Å². The van der Waals surface area contributed by atoms with Crippen LogP contribution in [-0.4, -0.2) is 40.6 Å². The van der Waals surface area contributed by atoms with Crippen LogP contribution in [0.3, 0.4) is 0 Å². The van der Waals surface area contributed by atoms with Crippen molar-refractivity contribution in [2.45, 2.75) is 81.4 Å². The summed E-state index contributed by atoms with van der Waals surface area (Å²) in [6.45, 7) is 17.0. The fourth-order valence-corrected chi connectivity index (χ4v) is 3.28. The second-order valence-corrected chi connectivity index (χ2v) is 10.9. The lowest BCUT2D eigenvalue weighted by Gasteiger charge is -2.20. The van der Waals surface area contributed by atoms with Crippen LogP contribution >= 0.6 is 11.3 Å². The lowest BCUT2D eigenvalue weighted by molar-refractivity contribution is -0.158. The third kappa shape index (κ3) is 12.7. The predicted molar refractivity (Wildman–Crippen MR) is 155 cm³/mol. The first-order chi connectivity index (χ1) is 16.7. The summed E-state index contributed by atoms with van der Waals surface area (Å²) < 4.78 is 10.9. The van der Waals surface area contributed by atoms with Crippen LogP contribution in [0.4, 0.5) is 0 Å². The highest BCUT2D eigenvalue weighted by atomic mass is 32.1. The first-order valence-electron chi connectivity index (χ1n) is 12.2. The van der Waals surface area contributed by atoms with Gasteiger partial charge >= 0.3 is 5.97 Å². The Bertz CT molecular complexity index is 1090. The van der Waals surface area contributed by atoms with Gasteiger partial charge in [-0.15, -0.1) is 11.3 Å². The minimum atomic E-state index is -0.346. The molecule has 206 valence electrons. The monoisotopic (exact) mass is 531 g/mol. The highest BCUT2D eigenvalue weighted by molar-refractivity contribution is 7.13. The molecule has 0 atom stereocenters. The molecule has 3 aromatic rings. The van der Waals surface area contributed by atoms with Crippen LogP contribution in [0.25, 0.3) is 21.6 Å². The van der Waals surface area contributed by atoms with Crippen molar-refractivity contribution in [2.75, 3.05) is 7.05 Å². The highest BCUT2D eigenvalue weighted by Gasteiger charge is 2.18. The topological polar surface area (TPSA) is 90.4 Å². The van der Waals surface area contributed by atoms with E-state index >= 15 is 0 Å². The molecule has 0 fully saturated rings. The SMILES string of the molecule is C.CC(C)C(=O)OC(C)(C)C.CC(C)Oc1nc2ccccc2nc1-c1cccs1.CNC(=O)C(C)C. The Morgan fingerprint density at radius 2 is 1.46 bits per heavy atom. The lowest BCUT2D eigenvalue weighted by atomic mass is 10.1. The van der Waals surface area contributed by atoms with Crippen LogP contribution in [0.15, 0.2) is 41.8 Å². The van der Waals surface area contributed by atoms with E-state index in [2.05, 4.69) is 10.3 Å². The second kappa shape index (κ2) is 16.0. The van der Waals surface area contributed by atoms with Gasteiger partial charge in [0.1, 0.15) is 11.3 Å². The molecule has 0 bridgehead atoms. The minimum absolute atomic E-state index is 0. The average molecular weight is 532 g/mol. The molecule has 37 heavy (non-hydrogen) atoms. The summed E-state index contributed by atoms with van der Waals surface area (Å²) in [6.07, 6.45) is 0.0779. The summed E-state index contributed by atoms with van der Waals surface area (Å²) >= 11 is 1.64. The zero-order valence-corrected chi connectivity index (χ0v) is 24.0. The molecule has 0 spiro atoms. The van der Waals surface area contributed by atoms with Crippen LogP contribution in [0.2, 0.25) is 0 Å². The second-order valence-electron chi connectivity index (χ2n) is 9.97. The molecule has 1 aromatic carbocycles. The number of aromatic nitrogens is 2. The van der Waals surface area contributed by atoms with Gasteiger partial charge in [-0.25, -0.2) is 9.97 Å². The zero-order valence-electron chi connectivity index (χ0n) is 23.2. The number of benzene rings is 1. The van der Waals surface area contributed by atoms with Gasteiger partial charge in [-0.05, 0) is 58.2 Å². The van der Waals surface area contributed by atoms with Gasteiger partial charge in [-0.3, -0.25) is 9.59 Å². The summed E-state index contributed by atoms with van der Waals surface area (Å²) in [6, 6.07) is 11.9. The van der Waals surface area contributed by atoms with Gasteiger partial charge in [0.05, 0.1) is 27.9 Å². The molecule has 0 aliphatic rings. The molecule has 3 rings (SSSR count). The third-order valence-electron chi connectivity index (χ3n) is 4.29. The van der Waals surface area contributed by atoms with Crippen molar-refractivity contribution < 1.29 is 19.1 Å². The first kappa shape index (κ1) is 34.0. The number of hydrogen-bond acceptors (Lipinski definition) is 7. The van der Waals surface area contributed by atoms with Crippen molar-refractivity contribution in [3.8, 4) is 16.5 Å². The number of nitrogens with zero attached hydrogens (tertiary/aromatic N) is 2. The zero-order chi connectivity index (χ0) is 27.5. The van der Waals surface area contributed by atoms with E-state index in [1.54, 1.807) is 18.4 Å². The summed E-state index contributed by atoms with van der Waals surface area (Å²) in [5.74, 6) is 0.660. The smallest absolute Gasteiger partial charge is 0.308 e. The van der Waals surface area contributed by atoms with Gasteiger partial charge in [-0.2, -0.15) is 0 Å². The normalized spacial score (nSPS) is 10.6. The van der Waals surface area contributed by atoms with Crippen molar-refractivity contribution in [2.24, 2.45) is 11.8 Å². The fourth-order valence-electron chi connectivity index (χ4n) is 2.57. The molecule has 0 unspecified atom stereocenters. The predicted octanol–water partition coefficient (Wildman–Crippen LogP) is 7.15. The Morgan fingerprint density at radius 3 is 1.81 bits per heavy atom. The number of fused-ring (bicyclic) bond motifs is 1. The van der Waals surface area contributed by atoms with E-state index in [1.807, 2.05) is 104 Å². The van der Waals surface area contributed by atoms with Crippen molar-refractivity contribution in [3.63, 3.8) is 0 Å². The van der Waals surface area contributed by atoms with E-state index in [1.165, 1.54) is 0 Å². The highest BCUT2D eigenvalue weighted by Crippen LogP contribution is 2.32. The summed E-state index contributed by atoms with van der Waals surface area (Å²) in [5.41, 5.74) is 2.23. The molecular formula is C29H45N3O4S. The number of para-hydroxylation sites is 2. The van der Waals surface area contributed by atoms with Crippen LogP contribution in [0, 0.1) is 11.8 Å². The fraction of sp³-hybridized carbons (Fsp3) is 0.517. The number of amides is 1. The molecular weight excluding hydrogens is 486 g/mol. The average Bonchev–Trinajstić information content (AvgIpc) is 3.32. The van der Waals surface area contributed by atoms with E-state index < -0.39 is 0 Å². The van der Waals surface area contributed by atoms with Gasteiger partial charge in [0, 0.05) is 13.0 Å². The standard InChI is InChI=1S/C15H14N2OS.C8H16O2.C5H11NO.CH4/c1-10(2)18-15-14(13-8-5-9-19-13)16-11-6-3-4-7-12(11)17-15;1-6(2)7(9)10-8(3,4)5;1-4(2)5(7)6-3;/h3-10H,1-2H3;6H,1-5H3;4H,1-3H3,(H,6,7);1H4. The third-order valence-corrected chi connectivity index (χ3v) is 5.17. The van der Waals surface area contributed by atoms with Crippen LogP contribution < -0.4 is 10.1 Å². The molecule has 8 heteroatoms. The first-order valence-corrected chi connectivity index (χ1v) is 13.0. The Kier molecular flexibility index (Phi) is 14.7. The van der Waals surface area contributed by atoms with E-state index in [9.17, 15) is 9.59 Å². The molecule has 1 amide bonds. The largest absolute Gasteiger partial charge is 0.473 e. The number of rotatable bonds is 5. The molecule has 1 N–H and O–H groups in total. The van der Waals surface area contributed by atoms with Gasteiger partial charge in [0.2, 0.25) is 11.8 Å². The summed E-state index contributed by atoms with van der Waals surface area (Å²) in [7, 11) is 1.64. The Hall–Kier alpha value is -3.00. The Labute approximate surface area is 227 Å². The van der Waals surface area contributed by atoms with Crippen LogP contribution in [0.5, 0.6) is 5.88 Å². The van der Waals surface area contributed by atoms with Crippen molar-refractivity contribution in [1.29, 1.82) is 0 Å². The summed E-state index contributed by atoms with van der Waals surface area (Å²) in [5, 5.41) is 4.56. The maximum absolute atomic E-state index is 10.9. The van der Waals surface area contributed by atoms with Gasteiger partial charge in [-0.1, -0.05) is 53.3 Å².